The van der Waals surface area contributed by atoms with Crippen molar-refractivity contribution in [1.29, 1.82) is 0 Å². The predicted octanol–water partition coefficient (Wildman–Crippen LogP) is 21.2. The van der Waals surface area contributed by atoms with Crippen LogP contribution in [0.4, 0.5) is 19.2 Å². The van der Waals surface area contributed by atoms with E-state index in [-0.39, 0.29) is 0 Å². The number of halogens is 8. The van der Waals surface area contributed by atoms with Gasteiger partial charge in [-0.1, -0.05) is 261 Å². The Bertz CT molecular complexity index is 5070. The number of nitrogens with one attached hydrogen (secondary N) is 4. The van der Waals surface area contributed by atoms with Crippen LogP contribution in [0.3, 0.4) is 0 Å². The van der Waals surface area contributed by atoms with Gasteiger partial charge in [0.1, 0.15) is 24.2 Å². The Balaban J connectivity index is 0.000000131. The summed E-state index contributed by atoms with van der Waals surface area (Å²) in [6.45, 7) is 0. The summed E-state index contributed by atoms with van der Waals surface area (Å²) in [7, 11) is 0. The van der Waals surface area contributed by atoms with Gasteiger partial charge < -0.3 is 40.2 Å². The van der Waals surface area contributed by atoms with Crippen LogP contribution in [0.15, 0.2) is 268 Å². The Kier molecular flexibility index (Phi) is 25.9. The molecule has 4 aliphatic rings. The number of carbonyl (C=O) groups excluding carboxylic acids is 4. The van der Waals surface area contributed by atoms with Gasteiger partial charge in [-0.2, -0.15) is 0 Å². The number of pyridine rings is 4. The third kappa shape index (κ3) is 19.8. The molecule has 12 aromatic rings. The van der Waals surface area contributed by atoms with Crippen molar-refractivity contribution >= 4 is 117 Å². The Labute approximate surface area is 684 Å². The van der Waals surface area contributed by atoms with Crippen LogP contribution in [0, 0.1) is 47.4 Å². The lowest BCUT2D eigenvalue weighted by Gasteiger charge is -2.19. The number of nitrogens with zero attached hydrogens (tertiary/aromatic N) is 4. The van der Waals surface area contributed by atoms with Crippen molar-refractivity contribution in [3.63, 3.8) is 0 Å². The fourth-order valence-electron chi connectivity index (χ4n) is 12.1. The number of ether oxygens (including phenoxy) is 4. The first-order chi connectivity index (χ1) is 54.5. The summed E-state index contributed by atoms with van der Waals surface area (Å²) in [5.74, 6) is 24.8. The molecule has 0 spiro atoms. The average Bonchev–Trinajstić information content (AvgIpc) is 1.70. The number of amides is 4. The minimum absolute atomic E-state index is 0.364. The zero-order chi connectivity index (χ0) is 78.0. The van der Waals surface area contributed by atoms with Gasteiger partial charge in [-0.15, -0.1) is 0 Å². The van der Waals surface area contributed by atoms with E-state index in [1.807, 2.05) is 146 Å². The third-order valence-corrected chi connectivity index (χ3v) is 20.7. The Hall–Kier alpha value is -12.0. The van der Waals surface area contributed by atoms with Crippen LogP contribution in [0.1, 0.15) is 138 Å². The van der Waals surface area contributed by atoms with E-state index in [4.69, 9.17) is 112 Å². The Morgan fingerprint density at radius 2 is 0.438 bits per heavy atom. The highest BCUT2D eigenvalue weighted by Crippen LogP contribution is 2.46. The van der Waals surface area contributed by atoms with Crippen LogP contribution < -0.4 is 21.3 Å². The number of carbonyl (C=O) groups is 4. The number of benzene rings is 8. The second kappa shape index (κ2) is 37.1. The molecule has 8 atom stereocenters. The first kappa shape index (κ1) is 78.1. The van der Waals surface area contributed by atoms with Gasteiger partial charge in [0, 0.05) is 116 Å². The van der Waals surface area contributed by atoms with Gasteiger partial charge in [-0.3, -0.25) is 19.9 Å². The van der Waals surface area contributed by atoms with Gasteiger partial charge in [-0.25, -0.2) is 19.2 Å². The molecule has 4 amide bonds. The third-order valence-electron chi connectivity index (χ3n) is 17.4. The van der Waals surface area contributed by atoms with Crippen LogP contribution in [-0.4, -0.2) is 44.3 Å². The molecule has 4 saturated heterocycles. The largest absolute Gasteiger partial charge is 0.439 e. The SMILES string of the molecule is O=C1N[C@@H](c2cncc(C#Cc3ccccc3)c2)[C@@H](c2cccc(Cl)c2Cl)O1.O=C1N[C@@H](c2cncc(C#Cc3ccccc3)c2)[C@H](c2cccc(Cl)c2Cl)O1.O=C1N[C@H](c2cncc(C#Cc3ccccc3)c2)[C@@H](c2cccc(Cl)c2Cl)O1.O=C1N[C@H](c2cncc(C#Cc3ccccc3)c2)[C@H](c2cccc(Cl)c2Cl)O1. The Morgan fingerprint density at radius 1 is 0.241 bits per heavy atom. The molecule has 4 fully saturated rings. The van der Waals surface area contributed by atoms with Gasteiger partial charge in [0.25, 0.3) is 0 Å². The van der Waals surface area contributed by atoms with E-state index < -0.39 is 73.0 Å². The van der Waals surface area contributed by atoms with Gasteiger partial charge in [0.2, 0.25) is 0 Å². The first-order valence-electron chi connectivity index (χ1n) is 34.2. The van der Waals surface area contributed by atoms with E-state index in [2.05, 4.69) is 88.6 Å². The fourth-order valence-corrected chi connectivity index (χ4v) is 13.8. The fraction of sp³-hybridized carbons (Fsp3) is 0.0909. The quantitative estimate of drug-likeness (QED) is 0.0829. The van der Waals surface area contributed by atoms with Crippen molar-refractivity contribution in [3.8, 4) is 47.4 Å². The summed E-state index contributed by atoms with van der Waals surface area (Å²) in [5.41, 5.74) is 12.2. The molecular weight excluding hydrogens is 1580 g/mol. The molecular formula is C88H56Cl8N8O8. The molecule has 552 valence electrons. The first-order valence-corrected chi connectivity index (χ1v) is 37.2. The summed E-state index contributed by atoms with van der Waals surface area (Å²) >= 11 is 49.8. The molecule has 8 heterocycles. The molecule has 0 aliphatic carbocycles. The van der Waals surface area contributed by atoms with Crippen molar-refractivity contribution in [2.75, 3.05) is 0 Å². The van der Waals surface area contributed by atoms with E-state index in [1.165, 1.54) is 0 Å². The number of hydrogen-bond acceptors (Lipinski definition) is 12. The minimum atomic E-state index is -0.613. The number of cyclic esters (lactones) is 4. The summed E-state index contributed by atoms with van der Waals surface area (Å²) in [6.07, 6.45) is 8.90. The van der Waals surface area contributed by atoms with Crippen molar-refractivity contribution in [2.45, 2.75) is 48.6 Å². The molecule has 4 N–H and O–H groups in total. The molecule has 16 rings (SSSR count). The van der Waals surface area contributed by atoms with Crippen molar-refractivity contribution < 1.29 is 38.1 Å². The van der Waals surface area contributed by atoms with E-state index in [0.29, 0.717) is 62.4 Å². The molecule has 8 aromatic carbocycles. The van der Waals surface area contributed by atoms with Crippen LogP contribution in [-0.2, 0) is 18.9 Å². The minimum Gasteiger partial charge on any atom is -0.439 e. The van der Waals surface area contributed by atoms with Crippen LogP contribution in [0.5, 0.6) is 0 Å². The lowest BCUT2D eigenvalue weighted by Crippen LogP contribution is -2.20. The number of hydrogen-bond donors (Lipinski definition) is 4. The number of aromatic nitrogens is 4. The summed E-state index contributed by atoms with van der Waals surface area (Å²) in [5, 5.41) is 14.3. The topological polar surface area (TPSA) is 205 Å². The van der Waals surface area contributed by atoms with Crippen molar-refractivity contribution in [3.05, 3.63) is 397 Å². The van der Waals surface area contributed by atoms with Gasteiger partial charge >= 0.3 is 24.4 Å². The maximum atomic E-state index is 11.9. The number of rotatable bonds is 8. The monoisotopic (exact) mass is 1630 g/mol. The summed E-state index contributed by atoms with van der Waals surface area (Å²) in [4.78, 5) is 64.8. The van der Waals surface area contributed by atoms with E-state index >= 15 is 0 Å². The van der Waals surface area contributed by atoms with Crippen LogP contribution in [0.2, 0.25) is 40.2 Å². The molecule has 0 bridgehead atoms. The molecule has 4 aliphatic heterocycles. The molecule has 0 radical (unpaired) electrons. The smallest absolute Gasteiger partial charge is 0.408 e. The predicted molar refractivity (Wildman–Crippen MR) is 433 cm³/mol. The zero-order valence-electron chi connectivity index (χ0n) is 58.1. The lowest BCUT2D eigenvalue weighted by atomic mass is 9.97. The molecule has 0 saturated carbocycles. The van der Waals surface area contributed by atoms with Crippen LogP contribution >= 0.6 is 92.8 Å². The highest BCUT2D eigenvalue weighted by molar-refractivity contribution is 6.44. The summed E-state index contributed by atoms with van der Waals surface area (Å²) < 4.78 is 21.8. The van der Waals surface area contributed by atoms with Crippen LogP contribution in [0.25, 0.3) is 0 Å². The average molecular weight is 1640 g/mol. The second-order valence-corrected chi connectivity index (χ2v) is 28.0. The second-order valence-electron chi connectivity index (χ2n) is 24.9. The highest BCUT2D eigenvalue weighted by atomic mass is 35.5. The highest BCUT2D eigenvalue weighted by Gasteiger charge is 2.42. The van der Waals surface area contributed by atoms with Crippen molar-refractivity contribution in [1.82, 2.24) is 41.2 Å². The van der Waals surface area contributed by atoms with Crippen molar-refractivity contribution in [2.24, 2.45) is 0 Å². The Morgan fingerprint density at radius 3 is 0.643 bits per heavy atom. The molecule has 112 heavy (non-hydrogen) atoms. The zero-order valence-corrected chi connectivity index (χ0v) is 64.1. The normalized spacial score (nSPS) is 18.0. The lowest BCUT2D eigenvalue weighted by molar-refractivity contribution is 0.131. The molecule has 16 nitrogen and oxygen atoms in total. The maximum absolute atomic E-state index is 11.9. The van der Waals surface area contributed by atoms with E-state index in [0.717, 1.165) is 66.8 Å². The molecule has 24 heteroatoms. The van der Waals surface area contributed by atoms with Gasteiger partial charge in [0.15, 0.2) is 24.4 Å². The van der Waals surface area contributed by atoms with Gasteiger partial charge in [0.05, 0.1) is 40.2 Å². The van der Waals surface area contributed by atoms with E-state index in [1.54, 1.807) is 122 Å². The van der Waals surface area contributed by atoms with E-state index in [9.17, 15) is 19.2 Å². The summed E-state index contributed by atoms with van der Waals surface area (Å²) in [6, 6.07) is 65.5. The van der Waals surface area contributed by atoms with Gasteiger partial charge in [-0.05, 0) is 119 Å². The molecule has 4 aromatic heterocycles. The molecule has 0 unspecified atom stereocenters. The standard InChI is InChI=1S/4C22H14Cl2N2O2/c4*23-18-8-4-7-17(19(18)24)21-20(26-22(27)28-21)16-11-15(12-25-13-16)10-9-14-5-2-1-3-6-14/h4*1-8,11-13,20-21H,(H,26,27)/t2*20-,21+;2*20-,21-/m1010/s1. The number of alkyl carbamates (subject to hydrolysis) is 4. The maximum Gasteiger partial charge on any atom is 0.408 e.